The molecule has 2 N–H and O–H groups in total. The molecule has 2 aromatic rings. The lowest BCUT2D eigenvalue weighted by atomic mass is 10.0. The average Bonchev–Trinajstić information content (AvgIpc) is 2.47. The van der Waals surface area contributed by atoms with Crippen LogP contribution in [0.3, 0.4) is 0 Å². The minimum atomic E-state index is -4.40. The van der Waals surface area contributed by atoms with Gasteiger partial charge in [0.25, 0.3) is 0 Å². The maximum absolute atomic E-state index is 13.3. The van der Waals surface area contributed by atoms with Crippen LogP contribution in [-0.4, -0.2) is 13.6 Å². The zero-order chi connectivity index (χ0) is 15.5. The molecule has 5 heteroatoms. The van der Waals surface area contributed by atoms with Crippen molar-refractivity contribution < 1.29 is 13.2 Å². The van der Waals surface area contributed by atoms with Crippen molar-refractivity contribution in [3.8, 4) is 0 Å². The van der Waals surface area contributed by atoms with E-state index in [1.165, 1.54) is 17.0 Å². The summed E-state index contributed by atoms with van der Waals surface area (Å²) < 4.78 is 39.9. The second-order valence-corrected chi connectivity index (χ2v) is 4.78. The third-order valence-corrected chi connectivity index (χ3v) is 3.30. The lowest BCUT2D eigenvalue weighted by molar-refractivity contribution is -0.137. The minimum Gasteiger partial charge on any atom is -0.344 e. The molecule has 2 nitrogen and oxygen atoms in total. The summed E-state index contributed by atoms with van der Waals surface area (Å²) >= 11 is 0. The predicted octanol–water partition coefficient (Wildman–Crippen LogP) is 3.97. The molecule has 0 aromatic heterocycles. The number of nitrogens with zero attached hydrogens (tertiary/aromatic N) is 1. The van der Waals surface area contributed by atoms with E-state index in [9.17, 15) is 13.2 Å². The maximum atomic E-state index is 13.3. The summed E-state index contributed by atoms with van der Waals surface area (Å²) in [4.78, 5) is 1.54. The Labute approximate surface area is 122 Å². The first-order valence-electron chi connectivity index (χ1n) is 6.62. The third kappa shape index (κ3) is 3.55. The third-order valence-electron chi connectivity index (χ3n) is 3.30. The van der Waals surface area contributed by atoms with Crippen molar-refractivity contribution in [3.05, 3.63) is 59.7 Å². The van der Waals surface area contributed by atoms with E-state index in [-0.39, 0.29) is 5.69 Å². The summed E-state index contributed by atoms with van der Waals surface area (Å²) in [6.07, 6.45) is -3.97. The van der Waals surface area contributed by atoms with Gasteiger partial charge in [0.1, 0.15) is 0 Å². The molecule has 0 unspecified atom stereocenters. The number of nitrogens with two attached hydrogens (primary N) is 1. The summed E-state index contributed by atoms with van der Waals surface area (Å²) in [7, 11) is 1.63. The Kier molecular flexibility index (Phi) is 4.53. The first-order valence-corrected chi connectivity index (χ1v) is 6.62. The molecule has 0 radical (unpaired) electrons. The molecule has 112 valence electrons. The number of rotatable bonds is 4. The molecular formula is C16H17F3N2. The molecule has 0 aliphatic rings. The van der Waals surface area contributed by atoms with Gasteiger partial charge < -0.3 is 10.6 Å². The smallest absolute Gasteiger partial charge is 0.344 e. The SMILES string of the molecule is CN(c1ccccc1)c1ccc(CCN)cc1C(F)(F)F. The normalized spacial score (nSPS) is 11.5. The zero-order valence-electron chi connectivity index (χ0n) is 11.7. The van der Waals surface area contributed by atoms with Crippen LogP contribution in [0.1, 0.15) is 11.1 Å². The van der Waals surface area contributed by atoms with Crippen LogP contribution < -0.4 is 10.6 Å². The molecule has 0 saturated heterocycles. The quantitative estimate of drug-likeness (QED) is 0.924. The molecular weight excluding hydrogens is 277 g/mol. The van der Waals surface area contributed by atoms with Crippen LogP contribution in [0, 0.1) is 0 Å². The highest BCUT2D eigenvalue weighted by atomic mass is 19.4. The molecule has 2 rings (SSSR count). The van der Waals surface area contributed by atoms with Crippen molar-refractivity contribution in [1.82, 2.24) is 0 Å². The number of alkyl halides is 3. The highest BCUT2D eigenvalue weighted by Gasteiger charge is 2.34. The van der Waals surface area contributed by atoms with Gasteiger partial charge in [0.2, 0.25) is 0 Å². The Morgan fingerprint density at radius 3 is 2.29 bits per heavy atom. The van der Waals surface area contributed by atoms with Crippen molar-refractivity contribution in [3.63, 3.8) is 0 Å². The van der Waals surface area contributed by atoms with Crippen LogP contribution in [0.5, 0.6) is 0 Å². The summed E-state index contributed by atoms with van der Waals surface area (Å²) in [5.41, 5.74) is 6.21. The van der Waals surface area contributed by atoms with Gasteiger partial charge in [-0.15, -0.1) is 0 Å². The van der Waals surface area contributed by atoms with E-state index in [1.807, 2.05) is 6.07 Å². The maximum Gasteiger partial charge on any atom is 0.418 e. The molecule has 0 spiro atoms. The van der Waals surface area contributed by atoms with Gasteiger partial charge in [-0.1, -0.05) is 24.3 Å². The number of halogens is 3. The van der Waals surface area contributed by atoms with Gasteiger partial charge in [0, 0.05) is 12.7 Å². The summed E-state index contributed by atoms with van der Waals surface area (Å²) in [6.45, 7) is 0.325. The van der Waals surface area contributed by atoms with Crippen LogP contribution >= 0.6 is 0 Å². The molecule has 0 amide bonds. The van der Waals surface area contributed by atoms with Crippen LogP contribution in [0.15, 0.2) is 48.5 Å². The Morgan fingerprint density at radius 1 is 1.05 bits per heavy atom. The lowest BCUT2D eigenvalue weighted by Gasteiger charge is -2.24. The Bertz CT molecular complexity index is 594. The topological polar surface area (TPSA) is 29.3 Å². The van der Waals surface area contributed by atoms with Crippen molar-refractivity contribution in [2.75, 3.05) is 18.5 Å². The van der Waals surface area contributed by atoms with Gasteiger partial charge in [-0.05, 0) is 42.8 Å². The molecule has 0 heterocycles. The Morgan fingerprint density at radius 2 is 1.71 bits per heavy atom. The summed E-state index contributed by atoms with van der Waals surface area (Å²) in [5, 5.41) is 0. The number of hydrogen-bond acceptors (Lipinski definition) is 2. The molecule has 0 aliphatic heterocycles. The van der Waals surface area contributed by atoms with Crippen LogP contribution in [0.4, 0.5) is 24.5 Å². The largest absolute Gasteiger partial charge is 0.418 e. The van der Waals surface area contributed by atoms with Crippen LogP contribution in [0.25, 0.3) is 0 Å². The van der Waals surface area contributed by atoms with E-state index >= 15 is 0 Å². The lowest BCUT2D eigenvalue weighted by Crippen LogP contribution is -2.17. The van der Waals surface area contributed by atoms with Gasteiger partial charge in [-0.3, -0.25) is 0 Å². The Balaban J connectivity index is 2.47. The van der Waals surface area contributed by atoms with E-state index in [0.717, 1.165) is 0 Å². The first-order chi connectivity index (χ1) is 9.93. The second-order valence-electron chi connectivity index (χ2n) is 4.78. The Hall–Kier alpha value is -2.01. The van der Waals surface area contributed by atoms with Gasteiger partial charge in [0.05, 0.1) is 11.3 Å². The van der Waals surface area contributed by atoms with Gasteiger partial charge in [-0.25, -0.2) is 0 Å². The second kappa shape index (κ2) is 6.18. The van der Waals surface area contributed by atoms with Gasteiger partial charge in [0.15, 0.2) is 0 Å². The number of para-hydroxylation sites is 1. The predicted molar refractivity (Wildman–Crippen MR) is 78.7 cm³/mol. The van der Waals surface area contributed by atoms with E-state index in [4.69, 9.17) is 5.73 Å². The molecule has 0 saturated carbocycles. The molecule has 0 fully saturated rings. The minimum absolute atomic E-state index is 0.134. The molecule has 2 aromatic carbocycles. The summed E-state index contributed by atoms with van der Waals surface area (Å²) in [6, 6.07) is 13.3. The highest BCUT2D eigenvalue weighted by Crippen LogP contribution is 2.39. The van der Waals surface area contributed by atoms with Gasteiger partial charge in [-0.2, -0.15) is 13.2 Å². The number of anilines is 2. The fourth-order valence-corrected chi connectivity index (χ4v) is 2.22. The first kappa shape index (κ1) is 15.4. The zero-order valence-corrected chi connectivity index (χ0v) is 11.7. The van der Waals surface area contributed by atoms with Crippen LogP contribution in [0.2, 0.25) is 0 Å². The van der Waals surface area contributed by atoms with Crippen molar-refractivity contribution in [1.29, 1.82) is 0 Å². The fourth-order valence-electron chi connectivity index (χ4n) is 2.22. The van der Waals surface area contributed by atoms with Gasteiger partial charge >= 0.3 is 6.18 Å². The summed E-state index contributed by atoms with van der Waals surface area (Å²) in [5.74, 6) is 0. The van der Waals surface area contributed by atoms with E-state index in [0.29, 0.717) is 24.2 Å². The van der Waals surface area contributed by atoms with Crippen LogP contribution in [-0.2, 0) is 12.6 Å². The van der Waals surface area contributed by atoms with Crippen molar-refractivity contribution in [2.24, 2.45) is 5.73 Å². The number of hydrogen-bond donors (Lipinski definition) is 1. The van der Waals surface area contributed by atoms with E-state index in [2.05, 4.69) is 0 Å². The molecule has 0 bridgehead atoms. The molecule has 0 aliphatic carbocycles. The standard InChI is InChI=1S/C16H17F3N2/c1-21(13-5-3-2-4-6-13)15-8-7-12(9-10-20)11-14(15)16(17,18)19/h2-8,11H,9-10,20H2,1H3. The average molecular weight is 294 g/mol. The highest BCUT2D eigenvalue weighted by molar-refractivity contribution is 5.66. The monoisotopic (exact) mass is 294 g/mol. The molecule has 21 heavy (non-hydrogen) atoms. The fraction of sp³-hybridized carbons (Fsp3) is 0.250. The van der Waals surface area contributed by atoms with Crippen molar-refractivity contribution in [2.45, 2.75) is 12.6 Å². The van der Waals surface area contributed by atoms with E-state index in [1.54, 1.807) is 37.4 Å². The molecule has 0 atom stereocenters. The number of benzene rings is 2. The van der Waals surface area contributed by atoms with Crippen molar-refractivity contribution >= 4 is 11.4 Å². The van der Waals surface area contributed by atoms with E-state index < -0.39 is 11.7 Å².